The van der Waals surface area contributed by atoms with Crippen molar-refractivity contribution >= 4 is 17.4 Å². The highest BCUT2D eigenvalue weighted by molar-refractivity contribution is 5.95. The highest BCUT2D eigenvalue weighted by Gasteiger charge is 2.30. The highest BCUT2D eigenvalue weighted by atomic mass is 19.1. The number of nitrogens with zero attached hydrogens (tertiary/aromatic N) is 2. The van der Waals surface area contributed by atoms with E-state index in [-0.39, 0.29) is 30.5 Å². The number of morpholine rings is 1. The highest BCUT2D eigenvalue weighted by Crippen LogP contribution is 2.35. The molecule has 2 atom stereocenters. The molecule has 1 amide bonds. The lowest BCUT2D eigenvalue weighted by molar-refractivity contribution is -0.118. The number of hydrogen-bond acceptors (Lipinski definition) is 5. The minimum Gasteiger partial charge on any atom is -0.480 e. The Kier molecular flexibility index (Phi) is 4.01. The number of benzene rings is 1. The first-order valence-corrected chi connectivity index (χ1v) is 8.16. The Morgan fingerprint density at radius 1 is 1.32 bits per heavy atom. The molecular formula is C18H18FN3O3. The van der Waals surface area contributed by atoms with Crippen LogP contribution in [0.5, 0.6) is 5.75 Å². The first kappa shape index (κ1) is 15.8. The van der Waals surface area contributed by atoms with Crippen LogP contribution in [0.25, 0.3) is 0 Å². The number of pyridine rings is 1. The standard InChI is InChI=1S/C18H18FN3O3/c1-11-8-22(15(9-24-11)12-2-4-13(19)5-3-12)17-6-14-16(7-20-17)25-10-18(23)21-14/h2-7,11,15H,8-10H2,1H3,(H,21,23)/t11-,15+/m1/s1. The lowest BCUT2D eigenvalue weighted by Gasteiger charge is -2.40. The predicted octanol–water partition coefficient (Wildman–Crippen LogP) is 2.52. The first-order valence-electron chi connectivity index (χ1n) is 8.16. The smallest absolute Gasteiger partial charge is 0.262 e. The quantitative estimate of drug-likeness (QED) is 0.908. The van der Waals surface area contributed by atoms with E-state index in [4.69, 9.17) is 9.47 Å². The number of carbonyl (C=O) groups excluding carboxylic acids is 1. The lowest BCUT2D eigenvalue weighted by Crippen LogP contribution is -2.44. The summed E-state index contributed by atoms with van der Waals surface area (Å²) in [5.41, 5.74) is 1.56. The Labute approximate surface area is 144 Å². The fourth-order valence-corrected chi connectivity index (χ4v) is 3.15. The van der Waals surface area contributed by atoms with E-state index >= 15 is 0 Å². The molecule has 1 saturated heterocycles. The molecule has 0 unspecified atom stereocenters. The van der Waals surface area contributed by atoms with Crippen LogP contribution in [-0.2, 0) is 9.53 Å². The number of hydrogen-bond donors (Lipinski definition) is 1. The van der Waals surface area contributed by atoms with Crippen LogP contribution in [0.4, 0.5) is 15.9 Å². The molecule has 1 N–H and O–H groups in total. The van der Waals surface area contributed by atoms with Gasteiger partial charge in [-0.2, -0.15) is 0 Å². The van der Waals surface area contributed by atoms with Crippen molar-refractivity contribution in [2.75, 3.05) is 30.0 Å². The van der Waals surface area contributed by atoms with Crippen LogP contribution in [0.15, 0.2) is 36.5 Å². The SMILES string of the molecule is C[C@@H]1CN(c2cc3c(cn2)OCC(=O)N3)[C@H](c2ccc(F)cc2)CO1. The van der Waals surface area contributed by atoms with Gasteiger partial charge in [-0.3, -0.25) is 4.79 Å². The van der Waals surface area contributed by atoms with E-state index in [9.17, 15) is 9.18 Å². The summed E-state index contributed by atoms with van der Waals surface area (Å²) in [6.45, 7) is 3.12. The summed E-state index contributed by atoms with van der Waals surface area (Å²) in [7, 11) is 0. The molecule has 130 valence electrons. The second-order valence-corrected chi connectivity index (χ2v) is 6.24. The Balaban J connectivity index is 1.68. The first-order chi connectivity index (χ1) is 12.1. The maximum atomic E-state index is 13.2. The van der Waals surface area contributed by atoms with Gasteiger partial charge >= 0.3 is 0 Å². The molecular weight excluding hydrogens is 325 g/mol. The summed E-state index contributed by atoms with van der Waals surface area (Å²) in [5.74, 6) is 0.819. The summed E-state index contributed by atoms with van der Waals surface area (Å²) in [4.78, 5) is 18.2. The zero-order valence-corrected chi connectivity index (χ0v) is 13.7. The average molecular weight is 343 g/mol. The zero-order chi connectivity index (χ0) is 17.4. The van der Waals surface area contributed by atoms with Gasteiger partial charge in [-0.25, -0.2) is 9.37 Å². The molecule has 2 aromatic rings. The lowest BCUT2D eigenvalue weighted by atomic mass is 10.0. The third-order valence-corrected chi connectivity index (χ3v) is 4.40. The maximum absolute atomic E-state index is 13.2. The van der Waals surface area contributed by atoms with Crippen molar-refractivity contribution in [1.82, 2.24) is 4.98 Å². The molecule has 25 heavy (non-hydrogen) atoms. The number of anilines is 2. The normalized spacial score (nSPS) is 22.8. The van der Waals surface area contributed by atoms with Crippen molar-refractivity contribution in [2.24, 2.45) is 0 Å². The van der Waals surface area contributed by atoms with Crippen LogP contribution in [0.3, 0.4) is 0 Å². The number of halogens is 1. The molecule has 1 fully saturated rings. The molecule has 6 nitrogen and oxygen atoms in total. The fraction of sp³-hybridized carbons (Fsp3) is 0.333. The van der Waals surface area contributed by atoms with Crippen LogP contribution >= 0.6 is 0 Å². The largest absolute Gasteiger partial charge is 0.480 e. The Hall–Kier alpha value is -2.67. The molecule has 1 aromatic carbocycles. The van der Waals surface area contributed by atoms with Crippen molar-refractivity contribution in [2.45, 2.75) is 19.1 Å². The van der Waals surface area contributed by atoms with Gasteiger partial charge in [0.2, 0.25) is 0 Å². The number of rotatable bonds is 2. The van der Waals surface area contributed by atoms with Gasteiger partial charge in [0.15, 0.2) is 12.4 Å². The summed E-state index contributed by atoms with van der Waals surface area (Å²) < 4.78 is 24.4. The van der Waals surface area contributed by atoms with Crippen molar-refractivity contribution in [3.05, 3.63) is 47.9 Å². The van der Waals surface area contributed by atoms with Crippen LogP contribution in [0.2, 0.25) is 0 Å². The van der Waals surface area contributed by atoms with E-state index in [1.807, 2.05) is 6.92 Å². The number of nitrogens with one attached hydrogen (secondary N) is 1. The van der Waals surface area contributed by atoms with Crippen molar-refractivity contribution in [3.63, 3.8) is 0 Å². The van der Waals surface area contributed by atoms with Crippen molar-refractivity contribution in [3.8, 4) is 5.75 Å². The van der Waals surface area contributed by atoms with Crippen molar-refractivity contribution < 1.29 is 18.7 Å². The Morgan fingerprint density at radius 2 is 2.12 bits per heavy atom. The van der Waals surface area contributed by atoms with Gasteiger partial charge in [0.1, 0.15) is 11.6 Å². The molecule has 3 heterocycles. The molecule has 1 aromatic heterocycles. The molecule has 0 spiro atoms. The van der Waals surface area contributed by atoms with Gasteiger partial charge in [0.05, 0.1) is 30.6 Å². The van der Waals surface area contributed by atoms with Gasteiger partial charge in [-0.05, 0) is 24.6 Å². The number of aromatic nitrogens is 1. The summed E-state index contributed by atoms with van der Waals surface area (Å²) >= 11 is 0. The molecule has 0 bridgehead atoms. The molecule has 0 aliphatic carbocycles. The topological polar surface area (TPSA) is 63.7 Å². The average Bonchev–Trinajstić information content (AvgIpc) is 2.62. The predicted molar refractivity (Wildman–Crippen MR) is 90.3 cm³/mol. The van der Waals surface area contributed by atoms with Crippen LogP contribution in [0, 0.1) is 5.82 Å². The van der Waals surface area contributed by atoms with E-state index in [0.717, 1.165) is 5.56 Å². The molecule has 2 aliphatic heterocycles. The summed E-state index contributed by atoms with van der Waals surface area (Å²) in [5, 5.41) is 2.80. The number of amides is 1. The number of fused-ring (bicyclic) bond motifs is 1. The van der Waals surface area contributed by atoms with Crippen molar-refractivity contribution in [1.29, 1.82) is 0 Å². The number of carbonyl (C=O) groups is 1. The zero-order valence-electron chi connectivity index (χ0n) is 13.7. The maximum Gasteiger partial charge on any atom is 0.262 e. The van der Waals surface area contributed by atoms with E-state index in [0.29, 0.717) is 30.4 Å². The summed E-state index contributed by atoms with van der Waals surface area (Å²) in [6, 6.07) is 8.13. The van der Waals surface area contributed by atoms with E-state index in [1.54, 1.807) is 24.4 Å². The van der Waals surface area contributed by atoms with Crippen LogP contribution < -0.4 is 15.0 Å². The minimum atomic E-state index is -0.271. The Bertz CT molecular complexity index is 797. The van der Waals surface area contributed by atoms with E-state index in [2.05, 4.69) is 15.2 Å². The monoisotopic (exact) mass is 343 g/mol. The third-order valence-electron chi connectivity index (χ3n) is 4.40. The molecule has 0 saturated carbocycles. The van der Waals surface area contributed by atoms with Gasteiger partial charge < -0.3 is 19.7 Å². The van der Waals surface area contributed by atoms with E-state index in [1.165, 1.54) is 12.1 Å². The minimum absolute atomic E-state index is 0.000813. The molecule has 0 radical (unpaired) electrons. The van der Waals surface area contributed by atoms with Crippen LogP contribution in [0.1, 0.15) is 18.5 Å². The van der Waals surface area contributed by atoms with E-state index < -0.39 is 0 Å². The second kappa shape index (κ2) is 6.33. The van der Waals surface area contributed by atoms with Gasteiger partial charge in [0, 0.05) is 12.6 Å². The second-order valence-electron chi connectivity index (χ2n) is 6.24. The fourth-order valence-electron chi connectivity index (χ4n) is 3.15. The van der Waals surface area contributed by atoms with Gasteiger partial charge in [0.25, 0.3) is 5.91 Å². The van der Waals surface area contributed by atoms with Crippen LogP contribution in [-0.4, -0.2) is 36.8 Å². The summed E-state index contributed by atoms with van der Waals surface area (Å²) in [6.07, 6.45) is 1.66. The Morgan fingerprint density at radius 3 is 2.92 bits per heavy atom. The third kappa shape index (κ3) is 3.15. The molecule has 7 heteroatoms. The number of ether oxygens (including phenoxy) is 2. The molecule has 2 aliphatic rings. The van der Waals surface area contributed by atoms with Gasteiger partial charge in [-0.1, -0.05) is 12.1 Å². The molecule has 4 rings (SSSR count). The van der Waals surface area contributed by atoms with Gasteiger partial charge in [-0.15, -0.1) is 0 Å².